The molecule has 1 aliphatic rings. The smallest absolute Gasteiger partial charge is 0.231 e. The van der Waals surface area contributed by atoms with Crippen LogP contribution in [0, 0.1) is 0 Å². The number of rotatable bonds is 7. The Bertz CT molecular complexity index is 435. The van der Waals surface area contributed by atoms with E-state index in [-0.39, 0.29) is 0 Å². The van der Waals surface area contributed by atoms with E-state index in [9.17, 15) is 0 Å². The number of thioether (sulfide) groups is 1. The number of nitrogens with one attached hydrogen (secondary N) is 2. The fourth-order valence-corrected chi connectivity index (χ4v) is 3.00. The maximum absolute atomic E-state index is 4.60. The minimum atomic E-state index is 0.339. The highest BCUT2D eigenvalue weighted by molar-refractivity contribution is 7.98. The molecule has 1 saturated heterocycles. The first-order chi connectivity index (χ1) is 10.2. The number of anilines is 3. The van der Waals surface area contributed by atoms with Gasteiger partial charge in [-0.1, -0.05) is 0 Å². The van der Waals surface area contributed by atoms with Crippen LogP contribution in [0.3, 0.4) is 0 Å². The second-order valence-corrected chi connectivity index (χ2v) is 6.27. The van der Waals surface area contributed by atoms with Crippen LogP contribution in [0.5, 0.6) is 0 Å². The van der Waals surface area contributed by atoms with E-state index in [1.165, 1.54) is 19.3 Å². The zero-order chi connectivity index (χ0) is 15.1. The highest BCUT2D eigenvalue weighted by Crippen LogP contribution is 2.19. The Morgan fingerprint density at radius 1 is 1.14 bits per heavy atom. The lowest BCUT2D eigenvalue weighted by Gasteiger charge is -2.27. The lowest BCUT2D eigenvalue weighted by Crippen LogP contribution is -2.32. The van der Waals surface area contributed by atoms with Gasteiger partial charge in [-0.2, -0.15) is 26.7 Å². The molecule has 118 valence electrons. The third kappa shape index (κ3) is 4.91. The first-order valence-corrected chi connectivity index (χ1v) is 9.12. The molecule has 21 heavy (non-hydrogen) atoms. The molecular formula is C14H26N6S. The zero-order valence-electron chi connectivity index (χ0n) is 13.2. The molecule has 1 aliphatic heterocycles. The molecule has 0 amide bonds. The van der Waals surface area contributed by atoms with E-state index in [0.717, 1.165) is 31.3 Å². The highest BCUT2D eigenvalue weighted by Gasteiger charge is 2.16. The minimum Gasteiger partial charge on any atom is -0.354 e. The zero-order valence-corrected chi connectivity index (χ0v) is 14.0. The van der Waals surface area contributed by atoms with Crippen LogP contribution in [0.2, 0.25) is 0 Å². The number of hydrogen-bond donors (Lipinski definition) is 2. The highest BCUT2D eigenvalue weighted by atomic mass is 32.2. The SMILES string of the molecule is CCNc1nc(NC(C)CSC)nc(N2CCCCC2)n1. The Kier molecular flexibility index (Phi) is 6.35. The van der Waals surface area contributed by atoms with Crippen molar-refractivity contribution in [2.45, 2.75) is 39.2 Å². The third-order valence-electron chi connectivity index (χ3n) is 3.39. The van der Waals surface area contributed by atoms with Gasteiger partial charge in [0, 0.05) is 31.4 Å². The van der Waals surface area contributed by atoms with Crippen molar-refractivity contribution in [1.82, 2.24) is 15.0 Å². The molecule has 0 spiro atoms. The Morgan fingerprint density at radius 2 is 1.86 bits per heavy atom. The van der Waals surface area contributed by atoms with E-state index in [1.807, 2.05) is 18.7 Å². The molecule has 0 saturated carbocycles. The van der Waals surface area contributed by atoms with Gasteiger partial charge in [0.15, 0.2) is 0 Å². The average Bonchev–Trinajstić information content (AvgIpc) is 2.48. The summed E-state index contributed by atoms with van der Waals surface area (Å²) in [6.07, 6.45) is 5.84. The van der Waals surface area contributed by atoms with Crippen molar-refractivity contribution < 1.29 is 0 Å². The Labute approximate surface area is 131 Å². The van der Waals surface area contributed by atoms with E-state index < -0.39 is 0 Å². The molecule has 0 radical (unpaired) electrons. The Morgan fingerprint density at radius 3 is 2.52 bits per heavy atom. The molecule has 1 aromatic rings. The summed E-state index contributed by atoms with van der Waals surface area (Å²) in [5, 5.41) is 6.57. The lowest BCUT2D eigenvalue weighted by molar-refractivity contribution is 0.567. The normalized spacial score (nSPS) is 16.6. The van der Waals surface area contributed by atoms with Gasteiger partial charge in [0.1, 0.15) is 0 Å². The molecule has 1 fully saturated rings. The van der Waals surface area contributed by atoms with E-state index in [4.69, 9.17) is 0 Å². The minimum absolute atomic E-state index is 0.339. The molecule has 2 rings (SSSR count). The van der Waals surface area contributed by atoms with Gasteiger partial charge in [0.05, 0.1) is 0 Å². The number of piperidine rings is 1. The van der Waals surface area contributed by atoms with Crippen molar-refractivity contribution in [1.29, 1.82) is 0 Å². The molecule has 7 heteroatoms. The first kappa shape index (κ1) is 16.1. The summed E-state index contributed by atoms with van der Waals surface area (Å²) in [4.78, 5) is 15.9. The van der Waals surface area contributed by atoms with E-state index in [1.54, 1.807) is 0 Å². The number of hydrogen-bond acceptors (Lipinski definition) is 7. The molecule has 0 bridgehead atoms. The second kappa shape index (κ2) is 8.26. The van der Waals surface area contributed by atoms with Gasteiger partial charge < -0.3 is 15.5 Å². The molecular weight excluding hydrogens is 284 g/mol. The molecule has 1 atom stereocenters. The van der Waals surface area contributed by atoms with E-state index >= 15 is 0 Å². The van der Waals surface area contributed by atoms with Crippen LogP contribution in [-0.2, 0) is 0 Å². The van der Waals surface area contributed by atoms with E-state index in [0.29, 0.717) is 17.9 Å². The van der Waals surface area contributed by atoms with Crippen LogP contribution in [0.1, 0.15) is 33.1 Å². The van der Waals surface area contributed by atoms with Gasteiger partial charge in [0.2, 0.25) is 17.8 Å². The van der Waals surface area contributed by atoms with Crippen molar-refractivity contribution >= 4 is 29.6 Å². The molecule has 2 heterocycles. The third-order valence-corrected chi connectivity index (χ3v) is 4.22. The number of nitrogens with zero attached hydrogens (tertiary/aromatic N) is 4. The van der Waals surface area contributed by atoms with Crippen LogP contribution >= 0.6 is 11.8 Å². The van der Waals surface area contributed by atoms with Gasteiger partial charge in [0.25, 0.3) is 0 Å². The summed E-state index contributed by atoms with van der Waals surface area (Å²) in [7, 11) is 0. The van der Waals surface area contributed by atoms with Gasteiger partial charge in [-0.3, -0.25) is 0 Å². The predicted octanol–water partition coefficient (Wildman–Crippen LogP) is 2.46. The summed E-state index contributed by atoms with van der Waals surface area (Å²) in [6, 6.07) is 0.339. The predicted molar refractivity (Wildman–Crippen MR) is 91.5 cm³/mol. The molecule has 1 aromatic heterocycles. The maximum atomic E-state index is 4.60. The Hall–Kier alpha value is -1.24. The lowest BCUT2D eigenvalue weighted by atomic mass is 10.1. The van der Waals surface area contributed by atoms with Gasteiger partial charge in [-0.05, 0) is 39.4 Å². The van der Waals surface area contributed by atoms with Crippen LogP contribution < -0.4 is 15.5 Å². The Balaban J connectivity index is 2.16. The summed E-state index contributed by atoms with van der Waals surface area (Å²) in [5.41, 5.74) is 0. The van der Waals surface area contributed by atoms with Crippen molar-refractivity contribution in [2.75, 3.05) is 47.2 Å². The van der Waals surface area contributed by atoms with Crippen LogP contribution in [-0.4, -0.2) is 52.6 Å². The topological polar surface area (TPSA) is 66.0 Å². The summed E-state index contributed by atoms with van der Waals surface area (Å²) in [5.74, 6) is 3.15. The monoisotopic (exact) mass is 310 g/mol. The fraction of sp³-hybridized carbons (Fsp3) is 0.786. The summed E-state index contributed by atoms with van der Waals surface area (Å²) >= 11 is 1.82. The summed E-state index contributed by atoms with van der Waals surface area (Å²) in [6.45, 7) is 7.08. The molecule has 2 N–H and O–H groups in total. The van der Waals surface area contributed by atoms with Crippen LogP contribution in [0.25, 0.3) is 0 Å². The van der Waals surface area contributed by atoms with Gasteiger partial charge in [-0.25, -0.2) is 0 Å². The quantitative estimate of drug-likeness (QED) is 0.802. The largest absolute Gasteiger partial charge is 0.354 e. The van der Waals surface area contributed by atoms with Gasteiger partial charge >= 0.3 is 0 Å². The van der Waals surface area contributed by atoms with Crippen molar-refractivity contribution in [3.8, 4) is 0 Å². The fourth-order valence-electron chi connectivity index (χ4n) is 2.41. The second-order valence-electron chi connectivity index (χ2n) is 5.36. The molecule has 0 aromatic carbocycles. The van der Waals surface area contributed by atoms with Crippen LogP contribution in [0.4, 0.5) is 17.8 Å². The summed E-state index contributed by atoms with van der Waals surface area (Å²) < 4.78 is 0. The standard InChI is InChI=1S/C14H26N6S/c1-4-15-12-17-13(16-11(2)10-21-3)19-14(18-12)20-8-6-5-7-9-20/h11H,4-10H2,1-3H3,(H2,15,16,17,18,19). The molecule has 1 unspecified atom stereocenters. The molecule has 0 aliphatic carbocycles. The van der Waals surface area contributed by atoms with Gasteiger partial charge in [-0.15, -0.1) is 0 Å². The average molecular weight is 310 g/mol. The van der Waals surface area contributed by atoms with Crippen molar-refractivity contribution in [3.63, 3.8) is 0 Å². The van der Waals surface area contributed by atoms with E-state index in [2.05, 4.69) is 43.7 Å². The van der Waals surface area contributed by atoms with Crippen molar-refractivity contribution in [2.24, 2.45) is 0 Å². The van der Waals surface area contributed by atoms with Crippen LogP contribution in [0.15, 0.2) is 0 Å². The number of aromatic nitrogens is 3. The van der Waals surface area contributed by atoms with Crippen molar-refractivity contribution in [3.05, 3.63) is 0 Å². The molecule has 6 nitrogen and oxygen atoms in total. The first-order valence-electron chi connectivity index (χ1n) is 7.73. The maximum Gasteiger partial charge on any atom is 0.231 e.